The quantitative estimate of drug-likeness (QED) is 0.806. The highest BCUT2D eigenvalue weighted by molar-refractivity contribution is 5.81. The van der Waals surface area contributed by atoms with Crippen molar-refractivity contribution in [2.24, 2.45) is 11.7 Å². The van der Waals surface area contributed by atoms with Crippen LogP contribution in [0.2, 0.25) is 0 Å². The average molecular weight is 351 g/mol. The second kappa shape index (κ2) is 8.97. The second-order valence-electron chi connectivity index (χ2n) is 7.37. The van der Waals surface area contributed by atoms with Crippen LogP contribution in [0.3, 0.4) is 0 Å². The first kappa shape index (κ1) is 18.6. The van der Waals surface area contributed by atoms with Crippen LogP contribution in [-0.4, -0.2) is 43.5 Å². The van der Waals surface area contributed by atoms with Crippen LogP contribution in [0.4, 0.5) is 0 Å². The third kappa shape index (κ3) is 5.16. The molecule has 0 saturated carbocycles. The topological polar surface area (TPSA) is 58.4 Å². The molecular weight excluding hydrogens is 322 g/mol. The highest BCUT2D eigenvalue weighted by Crippen LogP contribution is 2.20. The minimum atomic E-state index is -0.496. The van der Waals surface area contributed by atoms with E-state index in [-0.39, 0.29) is 5.91 Å². The summed E-state index contributed by atoms with van der Waals surface area (Å²) in [5, 5.41) is 3.00. The number of amides is 1. The molecule has 2 aromatic rings. The maximum atomic E-state index is 12.2. The summed E-state index contributed by atoms with van der Waals surface area (Å²) in [4.78, 5) is 14.6. The van der Waals surface area contributed by atoms with Crippen LogP contribution in [0, 0.1) is 5.92 Å². The molecule has 0 radical (unpaired) electrons. The third-order valence-electron chi connectivity index (χ3n) is 5.19. The summed E-state index contributed by atoms with van der Waals surface area (Å²) in [7, 11) is 2.15. The van der Waals surface area contributed by atoms with Gasteiger partial charge in [0.1, 0.15) is 0 Å². The Morgan fingerprint density at radius 1 is 1.15 bits per heavy atom. The molecule has 1 aliphatic rings. The van der Waals surface area contributed by atoms with Gasteiger partial charge >= 0.3 is 0 Å². The smallest absolute Gasteiger partial charge is 0.237 e. The van der Waals surface area contributed by atoms with E-state index in [1.807, 2.05) is 18.2 Å². The molecular formula is C22H29N3O. The van der Waals surface area contributed by atoms with Gasteiger partial charge in [-0.2, -0.15) is 0 Å². The lowest BCUT2D eigenvalue weighted by Crippen LogP contribution is -2.42. The number of hydrogen-bond donors (Lipinski definition) is 2. The summed E-state index contributed by atoms with van der Waals surface area (Å²) < 4.78 is 0. The van der Waals surface area contributed by atoms with Crippen LogP contribution in [0.15, 0.2) is 54.6 Å². The molecule has 1 aliphatic heterocycles. The van der Waals surface area contributed by atoms with Gasteiger partial charge in [0.05, 0.1) is 6.04 Å². The normalized spacial score (nSPS) is 18.6. The standard InChI is InChI=1S/C22H29N3O/c1-25-14-12-18(16-25)11-13-24-22(26)21(23)15-17-7-9-20(10-8-17)19-5-3-2-4-6-19/h2-10,18,21H,11-16,23H2,1H3,(H,24,26)/t18?,21-/m0/s1. The second-order valence-corrected chi connectivity index (χ2v) is 7.37. The van der Waals surface area contributed by atoms with E-state index in [9.17, 15) is 4.79 Å². The number of nitrogens with two attached hydrogens (primary N) is 1. The van der Waals surface area contributed by atoms with Crippen LogP contribution in [0.1, 0.15) is 18.4 Å². The number of rotatable bonds is 7. The zero-order valence-electron chi connectivity index (χ0n) is 15.5. The van der Waals surface area contributed by atoms with Crippen molar-refractivity contribution in [2.45, 2.75) is 25.3 Å². The van der Waals surface area contributed by atoms with E-state index >= 15 is 0 Å². The summed E-state index contributed by atoms with van der Waals surface area (Å²) in [6.45, 7) is 3.02. The van der Waals surface area contributed by atoms with Crippen molar-refractivity contribution in [1.29, 1.82) is 0 Å². The van der Waals surface area contributed by atoms with Gasteiger partial charge in [0.15, 0.2) is 0 Å². The molecule has 26 heavy (non-hydrogen) atoms. The minimum absolute atomic E-state index is 0.0523. The predicted molar refractivity (Wildman–Crippen MR) is 107 cm³/mol. The van der Waals surface area contributed by atoms with Crippen molar-refractivity contribution in [3.8, 4) is 11.1 Å². The monoisotopic (exact) mass is 351 g/mol. The highest BCUT2D eigenvalue weighted by atomic mass is 16.2. The molecule has 2 aromatic carbocycles. The molecule has 2 atom stereocenters. The van der Waals surface area contributed by atoms with E-state index in [0.29, 0.717) is 12.3 Å². The zero-order valence-corrected chi connectivity index (χ0v) is 15.5. The Labute approximate surface area is 156 Å². The molecule has 4 nitrogen and oxygen atoms in total. The number of benzene rings is 2. The molecule has 138 valence electrons. The molecule has 4 heteroatoms. The molecule has 0 spiro atoms. The molecule has 3 N–H and O–H groups in total. The minimum Gasteiger partial charge on any atom is -0.355 e. The number of nitrogens with one attached hydrogen (secondary N) is 1. The van der Waals surface area contributed by atoms with E-state index in [1.54, 1.807) is 0 Å². The van der Waals surface area contributed by atoms with Gasteiger partial charge in [0.2, 0.25) is 5.91 Å². The SMILES string of the molecule is CN1CCC(CCNC(=O)[C@@H](N)Cc2ccc(-c3ccccc3)cc2)C1. The molecule has 0 bridgehead atoms. The van der Waals surface area contributed by atoms with Crippen molar-refractivity contribution in [2.75, 3.05) is 26.7 Å². The van der Waals surface area contributed by atoms with Gasteiger partial charge in [-0.15, -0.1) is 0 Å². The molecule has 0 aromatic heterocycles. The fourth-order valence-electron chi connectivity index (χ4n) is 3.60. The Morgan fingerprint density at radius 2 is 1.85 bits per heavy atom. The molecule has 3 rings (SSSR count). The van der Waals surface area contributed by atoms with E-state index in [2.05, 4.69) is 53.7 Å². The molecule has 1 heterocycles. The lowest BCUT2D eigenvalue weighted by Gasteiger charge is -2.15. The molecule has 0 aliphatic carbocycles. The Balaban J connectivity index is 1.45. The van der Waals surface area contributed by atoms with Gasteiger partial charge in [0, 0.05) is 13.1 Å². The lowest BCUT2D eigenvalue weighted by atomic mass is 10.0. The number of likely N-dealkylation sites (tertiary alicyclic amines) is 1. The van der Waals surface area contributed by atoms with Gasteiger partial charge in [-0.05, 0) is 55.5 Å². The first-order chi connectivity index (χ1) is 12.6. The van der Waals surface area contributed by atoms with Crippen LogP contribution in [-0.2, 0) is 11.2 Å². The number of nitrogens with zero attached hydrogens (tertiary/aromatic N) is 1. The first-order valence-electron chi connectivity index (χ1n) is 9.48. The van der Waals surface area contributed by atoms with Gasteiger partial charge < -0.3 is 16.0 Å². The Kier molecular flexibility index (Phi) is 6.42. The van der Waals surface area contributed by atoms with E-state index < -0.39 is 6.04 Å². The average Bonchev–Trinajstić information content (AvgIpc) is 3.08. The van der Waals surface area contributed by atoms with Crippen LogP contribution >= 0.6 is 0 Å². The summed E-state index contributed by atoms with van der Waals surface area (Å²) >= 11 is 0. The number of carbonyl (C=O) groups excluding carboxylic acids is 1. The van der Waals surface area contributed by atoms with E-state index in [0.717, 1.165) is 31.6 Å². The first-order valence-corrected chi connectivity index (χ1v) is 9.48. The summed E-state index contributed by atoms with van der Waals surface area (Å²) in [6.07, 6.45) is 2.83. The molecule has 1 fully saturated rings. The van der Waals surface area contributed by atoms with Crippen molar-refractivity contribution in [3.63, 3.8) is 0 Å². The fraction of sp³-hybridized carbons (Fsp3) is 0.409. The Hall–Kier alpha value is -2.17. The van der Waals surface area contributed by atoms with Gasteiger partial charge in [-0.25, -0.2) is 0 Å². The van der Waals surface area contributed by atoms with Crippen molar-refractivity contribution in [3.05, 3.63) is 60.2 Å². The summed E-state index contributed by atoms with van der Waals surface area (Å²) in [5.74, 6) is 0.644. The Bertz CT molecular complexity index is 699. The zero-order chi connectivity index (χ0) is 18.4. The van der Waals surface area contributed by atoms with Crippen LogP contribution in [0.5, 0.6) is 0 Å². The van der Waals surface area contributed by atoms with E-state index in [1.165, 1.54) is 17.5 Å². The van der Waals surface area contributed by atoms with Crippen LogP contribution < -0.4 is 11.1 Å². The molecule has 1 amide bonds. The molecule has 1 saturated heterocycles. The Morgan fingerprint density at radius 3 is 2.50 bits per heavy atom. The highest BCUT2D eigenvalue weighted by Gasteiger charge is 2.20. The summed E-state index contributed by atoms with van der Waals surface area (Å²) in [6, 6.07) is 18.1. The van der Waals surface area contributed by atoms with Crippen molar-refractivity contribution in [1.82, 2.24) is 10.2 Å². The maximum Gasteiger partial charge on any atom is 0.237 e. The van der Waals surface area contributed by atoms with Gasteiger partial charge in [-0.1, -0.05) is 54.6 Å². The predicted octanol–water partition coefficient (Wildman–Crippen LogP) is 2.68. The van der Waals surface area contributed by atoms with Gasteiger partial charge in [-0.3, -0.25) is 4.79 Å². The van der Waals surface area contributed by atoms with Crippen LogP contribution in [0.25, 0.3) is 11.1 Å². The van der Waals surface area contributed by atoms with Crippen molar-refractivity contribution >= 4 is 5.91 Å². The van der Waals surface area contributed by atoms with E-state index in [4.69, 9.17) is 5.73 Å². The largest absolute Gasteiger partial charge is 0.355 e. The van der Waals surface area contributed by atoms with Crippen molar-refractivity contribution < 1.29 is 4.79 Å². The lowest BCUT2D eigenvalue weighted by molar-refractivity contribution is -0.122. The third-order valence-corrected chi connectivity index (χ3v) is 5.19. The van der Waals surface area contributed by atoms with Gasteiger partial charge in [0.25, 0.3) is 0 Å². The number of hydrogen-bond acceptors (Lipinski definition) is 3. The summed E-state index contributed by atoms with van der Waals surface area (Å²) in [5.41, 5.74) is 9.55. The molecule has 1 unspecified atom stereocenters. The maximum absolute atomic E-state index is 12.2. The number of carbonyl (C=O) groups is 1. The fourth-order valence-corrected chi connectivity index (χ4v) is 3.60.